The second-order valence-corrected chi connectivity index (χ2v) is 12.6. The quantitative estimate of drug-likeness (QED) is 0.106. The molecule has 5 aromatic rings. The molecule has 258 valence electrons. The minimum Gasteiger partial charge on any atom is -0.487 e. The maximum atomic E-state index is 13.7. The lowest BCUT2D eigenvalue weighted by Crippen LogP contribution is -2.37. The monoisotopic (exact) mass is 684 g/mol. The number of ether oxygens (including phenoxy) is 3. The Kier molecular flexibility index (Phi) is 10.1. The molecule has 1 aromatic heterocycles. The van der Waals surface area contributed by atoms with Gasteiger partial charge in [-0.1, -0.05) is 86.0 Å². The molecule has 1 unspecified atom stereocenters. The molecule has 1 aliphatic heterocycles. The highest BCUT2D eigenvalue weighted by Gasteiger charge is 2.54. The molecular weight excluding hydrogens is 648 g/mol. The molecule has 51 heavy (non-hydrogen) atoms. The highest BCUT2D eigenvalue weighted by atomic mass is 16.7. The summed E-state index contributed by atoms with van der Waals surface area (Å²) in [5, 5.41) is 1.60. The third kappa shape index (κ3) is 7.66. The number of benzene rings is 4. The standard InChI is InChI=1S/C41H36N2O8/c44-38-36(50-40(46)29-15-6-2-7-16-29)37(51-41(47)30-17-8-3-9-18-30)39(45)43(38)49-25-31-21-23-33(24-34(31)27-12-4-1-5-13-27)48-26-32-22-20-28-14-10-11-19-35(28)42-32/h2-3,6-11,14-24,27,36-37H,1,4-5,12-13,25-26H2/t36-,37?/m1/s1. The van der Waals surface area contributed by atoms with Crippen LogP contribution in [0.2, 0.25) is 0 Å². The summed E-state index contributed by atoms with van der Waals surface area (Å²) in [5.41, 5.74) is 3.82. The number of hydroxylamine groups is 2. The van der Waals surface area contributed by atoms with E-state index in [0.29, 0.717) is 10.8 Å². The number of pyridine rings is 1. The summed E-state index contributed by atoms with van der Waals surface area (Å²) in [6.07, 6.45) is 1.82. The lowest BCUT2D eigenvalue weighted by Gasteiger charge is -2.25. The molecule has 2 amide bonds. The van der Waals surface area contributed by atoms with Crippen molar-refractivity contribution >= 4 is 34.7 Å². The van der Waals surface area contributed by atoms with E-state index in [1.54, 1.807) is 36.4 Å². The minimum absolute atomic E-state index is 0.130. The third-order valence-electron chi connectivity index (χ3n) is 9.20. The first-order valence-electron chi connectivity index (χ1n) is 17.1. The number of hydrogen-bond acceptors (Lipinski definition) is 9. The van der Waals surface area contributed by atoms with Gasteiger partial charge in [0, 0.05) is 5.39 Å². The zero-order valence-corrected chi connectivity index (χ0v) is 27.8. The summed E-state index contributed by atoms with van der Waals surface area (Å²) in [4.78, 5) is 63.9. The minimum atomic E-state index is -1.74. The fraction of sp³-hybridized carbons (Fsp3) is 0.244. The van der Waals surface area contributed by atoms with Crippen LogP contribution in [0.1, 0.15) is 75.6 Å². The average molecular weight is 685 g/mol. The summed E-state index contributed by atoms with van der Waals surface area (Å²) < 4.78 is 17.2. The normalized spacial score (nSPS) is 17.8. The van der Waals surface area contributed by atoms with Gasteiger partial charge in [-0.2, -0.15) is 0 Å². The van der Waals surface area contributed by atoms with Gasteiger partial charge < -0.3 is 14.2 Å². The Labute approximate surface area is 294 Å². The van der Waals surface area contributed by atoms with Gasteiger partial charge in [0.1, 0.15) is 19.0 Å². The van der Waals surface area contributed by atoms with Crippen LogP contribution in [0.15, 0.2) is 115 Å². The number of carbonyl (C=O) groups is 4. The number of esters is 2. The van der Waals surface area contributed by atoms with Crippen LogP contribution in [-0.4, -0.2) is 46.0 Å². The van der Waals surface area contributed by atoms with Gasteiger partial charge in [-0.15, -0.1) is 5.06 Å². The Morgan fingerprint density at radius 1 is 0.667 bits per heavy atom. The SMILES string of the molecule is O=C(OC1C(=O)N(OCc2ccc(OCc3ccc4ccccc4n3)cc2C2CCCCC2)C(=O)[C@@H]1OC(=O)c1ccccc1)c1ccccc1. The summed E-state index contributed by atoms with van der Waals surface area (Å²) in [6, 6.07) is 33.7. The molecule has 10 heteroatoms. The Morgan fingerprint density at radius 2 is 1.27 bits per heavy atom. The fourth-order valence-corrected chi connectivity index (χ4v) is 6.53. The van der Waals surface area contributed by atoms with Crippen molar-refractivity contribution in [3.63, 3.8) is 0 Å². The molecule has 1 saturated heterocycles. The van der Waals surface area contributed by atoms with Crippen LogP contribution in [0.25, 0.3) is 10.9 Å². The van der Waals surface area contributed by atoms with E-state index in [1.165, 1.54) is 24.3 Å². The van der Waals surface area contributed by atoms with Crippen LogP contribution in [0, 0.1) is 0 Å². The number of nitrogens with zero attached hydrogens (tertiary/aromatic N) is 2. The second-order valence-electron chi connectivity index (χ2n) is 12.6. The summed E-state index contributed by atoms with van der Waals surface area (Å²) >= 11 is 0. The van der Waals surface area contributed by atoms with Crippen molar-refractivity contribution in [2.75, 3.05) is 0 Å². The first kappa shape index (κ1) is 33.6. The van der Waals surface area contributed by atoms with Crippen LogP contribution >= 0.6 is 0 Å². The van der Waals surface area contributed by atoms with Gasteiger partial charge in [0.15, 0.2) is 0 Å². The summed E-state index contributed by atoms with van der Waals surface area (Å²) in [6.45, 7) is 0.155. The van der Waals surface area contributed by atoms with Gasteiger partial charge in [0.05, 0.1) is 22.3 Å². The summed E-state index contributed by atoms with van der Waals surface area (Å²) in [7, 11) is 0. The Morgan fingerprint density at radius 3 is 1.92 bits per heavy atom. The smallest absolute Gasteiger partial charge is 0.339 e. The van der Waals surface area contributed by atoms with Gasteiger partial charge in [-0.25, -0.2) is 14.6 Å². The van der Waals surface area contributed by atoms with E-state index in [2.05, 4.69) is 0 Å². The number of hydrogen-bond donors (Lipinski definition) is 0. The average Bonchev–Trinajstić information content (AvgIpc) is 3.40. The van der Waals surface area contributed by atoms with Gasteiger partial charge in [-0.05, 0) is 78.4 Å². The molecule has 1 saturated carbocycles. The van der Waals surface area contributed by atoms with Crippen molar-refractivity contribution < 1.29 is 38.2 Å². The molecule has 1 aliphatic carbocycles. The van der Waals surface area contributed by atoms with Crippen molar-refractivity contribution in [3.05, 3.63) is 143 Å². The summed E-state index contributed by atoms with van der Waals surface area (Å²) in [5.74, 6) is -2.68. The van der Waals surface area contributed by atoms with Crippen molar-refractivity contribution in [3.8, 4) is 5.75 Å². The highest BCUT2D eigenvalue weighted by Crippen LogP contribution is 2.37. The zero-order chi connectivity index (χ0) is 35.2. The third-order valence-corrected chi connectivity index (χ3v) is 9.20. The number of aromatic nitrogens is 1. The first-order valence-corrected chi connectivity index (χ1v) is 17.1. The molecule has 2 aliphatic rings. The zero-order valence-electron chi connectivity index (χ0n) is 27.8. The van der Waals surface area contributed by atoms with E-state index in [4.69, 9.17) is 24.0 Å². The molecule has 0 spiro atoms. The second kappa shape index (κ2) is 15.3. The van der Waals surface area contributed by atoms with Gasteiger partial charge in [0.25, 0.3) is 11.8 Å². The Hall–Kier alpha value is -5.87. The fourth-order valence-electron chi connectivity index (χ4n) is 6.53. The molecule has 2 heterocycles. The van der Waals surface area contributed by atoms with E-state index in [-0.39, 0.29) is 30.3 Å². The highest BCUT2D eigenvalue weighted by molar-refractivity contribution is 6.09. The number of imide groups is 1. The van der Waals surface area contributed by atoms with Crippen LogP contribution in [0.4, 0.5) is 0 Å². The molecule has 2 atom stereocenters. The molecule has 4 aromatic carbocycles. The Bertz CT molecular complexity index is 1970. The van der Waals surface area contributed by atoms with E-state index in [9.17, 15) is 19.2 Å². The van der Waals surface area contributed by atoms with Gasteiger partial charge in [0.2, 0.25) is 12.2 Å². The molecular formula is C41H36N2O8. The first-order chi connectivity index (χ1) is 24.9. The Balaban J connectivity index is 1.10. The lowest BCUT2D eigenvalue weighted by molar-refractivity contribution is -0.194. The van der Waals surface area contributed by atoms with Crippen molar-refractivity contribution in [1.82, 2.24) is 10.0 Å². The maximum absolute atomic E-state index is 13.7. The van der Waals surface area contributed by atoms with E-state index < -0.39 is 36.0 Å². The van der Waals surface area contributed by atoms with Crippen molar-refractivity contribution in [2.45, 2.75) is 63.4 Å². The molecule has 7 rings (SSSR count). The lowest BCUT2D eigenvalue weighted by atomic mass is 9.82. The molecule has 10 nitrogen and oxygen atoms in total. The van der Waals surface area contributed by atoms with Crippen LogP contribution in [0.5, 0.6) is 5.75 Å². The predicted molar refractivity (Wildman–Crippen MR) is 186 cm³/mol. The van der Waals surface area contributed by atoms with Crippen molar-refractivity contribution in [2.24, 2.45) is 0 Å². The van der Waals surface area contributed by atoms with E-state index in [1.807, 2.05) is 54.6 Å². The van der Waals surface area contributed by atoms with Crippen molar-refractivity contribution in [1.29, 1.82) is 0 Å². The van der Waals surface area contributed by atoms with Gasteiger partial charge in [-0.3, -0.25) is 14.4 Å². The van der Waals surface area contributed by atoms with Gasteiger partial charge >= 0.3 is 11.9 Å². The van der Waals surface area contributed by atoms with E-state index >= 15 is 0 Å². The van der Waals surface area contributed by atoms with Crippen LogP contribution in [-0.2, 0) is 37.1 Å². The number of carbonyl (C=O) groups excluding carboxylic acids is 4. The molecule has 0 radical (unpaired) electrons. The number of fused-ring (bicyclic) bond motifs is 1. The topological polar surface area (TPSA) is 121 Å². The number of para-hydroxylation sites is 1. The number of rotatable bonds is 11. The predicted octanol–water partition coefficient (Wildman–Crippen LogP) is 7.11. The van der Waals surface area contributed by atoms with E-state index in [0.717, 1.165) is 59.8 Å². The molecule has 0 bridgehead atoms. The molecule has 0 N–H and O–H groups in total. The number of amides is 2. The van der Waals surface area contributed by atoms with Crippen LogP contribution < -0.4 is 4.74 Å². The van der Waals surface area contributed by atoms with Crippen LogP contribution in [0.3, 0.4) is 0 Å². The maximum Gasteiger partial charge on any atom is 0.339 e. The molecule has 2 fully saturated rings. The largest absolute Gasteiger partial charge is 0.487 e.